The van der Waals surface area contributed by atoms with Crippen LogP contribution >= 0.6 is 11.3 Å². The van der Waals surface area contributed by atoms with Crippen molar-refractivity contribution in [2.75, 3.05) is 0 Å². The van der Waals surface area contributed by atoms with E-state index in [1.807, 2.05) is 11.3 Å². The van der Waals surface area contributed by atoms with Gasteiger partial charge in [-0.15, -0.1) is 11.3 Å². The highest BCUT2D eigenvalue weighted by Crippen LogP contribution is 2.24. The van der Waals surface area contributed by atoms with Crippen molar-refractivity contribution >= 4 is 11.3 Å². The fourth-order valence-electron chi connectivity index (χ4n) is 1.55. The monoisotopic (exact) mass is 181 g/mol. The van der Waals surface area contributed by atoms with Crippen LogP contribution in [0.1, 0.15) is 37.1 Å². The Labute approximate surface area is 77.8 Å². The van der Waals surface area contributed by atoms with E-state index >= 15 is 0 Å². The van der Waals surface area contributed by atoms with Gasteiger partial charge in [0.2, 0.25) is 0 Å². The summed E-state index contributed by atoms with van der Waals surface area (Å²) in [4.78, 5) is 1.46. The molecule has 1 heterocycles. The van der Waals surface area contributed by atoms with E-state index in [9.17, 15) is 0 Å². The molecule has 66 valence electrons. The first kappa shape index (κ1) is 8.27. The Morgan fingerprint density at radius 1 is 1.58 bits per heavy atom. The third-order valence-corrected chi connectivity index (χ3v) is 3.62. The van der Waals surface area contributed by atoms with E-state index in [1.165, 1.54) is 24.1 Å². The van der Waals surface area contributed by atoms with Crippen molar-refractivity contribution in [2.45, 2.75) is 38.3 Å². The average Bonchev–Trinajstić information content (AvgIpc) is 2.47. The second kappa shape index (κ2) is 3.58. The lowest BCUT2D eigenvalue weighted by atomic mass is 9.92. The standard InChI is InChI=1S/C10H15NS/c1-8(10-6-3-7-12-10)11-9-4-2-5-9/h3,6-9,11H,2,4-5H2,1H3/t8-/m1/s1. The molecule has 1 aromatic rings. The Bertz CT molecular complexity index is 226. The molecule has 12 heavy (non-hydrogen) atoms. The topological polar surface area (TPSA) is 12.0 Å². The Morgan fingerprint density at radius 3 is 2.92 bits per heavy atom. The molecule has 2 rings (SSSR count). The van der Waals surface area contributed by atoms with Gasteiger partial charge in [0.1, 0.15) is 0 Å². The number of hydrogen-bond donors (Lipinski definition) is 1. The van der Waals surface area contributed by atoms with Crippen LogP contribution < -0.4 is 5.32 Å². The molecule has 0 radical (unpaired) electrons. The molecule has 0 saturated heterocycles. The summed E-state index contributed by atoms with van der Waals surface area (Å²) in [6.07, 6.45) is 4.15. The third kappa shape index (κ3) is 1.70. The van der Waals surface area contributed by atoms with E-state index in [-0.39, 0.29) is 0 Å². The van der Waals surface area contributed by atoms with Gasteiger partial charge in [0.25, 0.3) is 0 Å². The van der Waals surface area contributed by atoms with Crippen molar-refractivity contribution in [1.82, 2.24) is 5.32 Å². The van der Waals surface area contributed by atoms with Gasteiger partial charge in [0.05, 0.1) is 0 Å². The molecule has 0 bridgehead atoms. The molecule has 1 N–H and O–H groups in total. The highest BCUT2D eigenvalue weighted by Gasteiger charge is 2.19. The Kier molecular flexibility index (Phi) is 2.47. The van der Waals surface area contributed by atoms with Crippen LogP contribution in [0, 0.1) is 0 Å². The summed E-state index contributed by atoms with van der Waals surface area (Å²) >= 11 is 1.85. The zero-order valence-corrected chi connectivity index (χ0v) is 8.23. The van der Waals surface area contributed by atoms with E-state index < -0.39 is 0 Å². The molecule has 0 aliphatic heterocycles. The zero-order chi connectivity index (χ0) is 8.39. The maximum Gasteiger partial charge on any atom is 0.0388 e. The number of hydrogen-bond acceptors (Lipinski definition) is 2. The first-order chi connectivity index (χ1) is 5.86. The molecule has 1 fully saturated rings. The molecule has 1 atom stereocenters. The first-order valence-electron chi connectivity index (χ1n) is 4.66. The summed E-state index contributed by atoms with van der Waals surface area (Å²) in [6, 6.07) is 5.68. The van der Waals surface area contributed by atoms with Gasteiger partial charge in [-0.2, -0.15) is 0 Å². The Morgan fingerprint density at radius 2 is 2.42 bits per heavy atom. The van der Waals surface area contributed by atoms with Crippen LogP contribution in [-0.4, -0.2) is 6.04 Å². The van der Waals surface area contributed by atoms with Crippen LogP contribution in [0.4, 0.5) is 0 Å². The summed E-state index contributed by atoms with van der Waals surface area (Å²) in [5.41, 5.74) is 0. The molecule has 0 unspecified atom stereocenters. The van der Waals surface area contributed by atoms with Crippen LogP contribution in [0.5, 0.6) is 0 Å². The van der Waals surface area contributed by atoms with Gasteiger partial charge >= 0.3 is 0 Å². The summed E-state index contributed by atoms with van der Waals surface area (Å²) in [5, 5.41) is 5.78. The highest BCUT2D eigenvalue weighted by atomic mass is 32.1. The predicted octanol–water partition coefficient (Wildman–Crippen LogP) is 2.95. The predicted molar refractivity (Wildman–Crippen MR) is 53.5 cm³/mol. The minimum absolute atomic E-state index is 0.551. The molecule has 0 aromatic carbocycles. The van der Waals surface area contributed by atoms with Crippen molar-refractivity contribution in [3.63, 3.8) is 0 Å². The van der Waals surface area contributed by atoms with Crippen LogP contribution in [0.25, 0.3) is 0 Å². The van der Waals surface area contributed by atoms with Crippen molar-refractivity contribution in [2.24, 2.45) is 0 Å². The van der Waals surface area contributed by atoms with Crippen molar-refractivity contribution in [1.29, 1.82) is 0 Å². The molecular formula is C10H15NS. The van der Waals surface area contributed by atoms with Gasteiger partial charge in [-0.1, -0.05) is 12.5 Å². The summed E-state index contributed by atoms with van der Waals surface area (Å²) < 4.78 is 0. The lowest BCUT2D eigenvalue weighted by molar-refractivity contribution is 0.315. The average molecular weight is 181 g/mol. The van der Waals surface area contributed by atoms with Crippen molar-refractivity contribution < 1.29 is 0 Å². The van der Waals surface area contributed by atoms with E-state index in [2.05, 4.69) is 29.8 Å². The fourth-order valence-corrected chi connectivity index (χ4v) is 2.29. The second-order valence-electron chi connectivity index (χ2n) is 3.53. The van der Waals surface area contributed by atoms with E-state index in [0.717, 1.165) is 6.04 Å². The van der Waals surface area contributed by atoms with Crippen LogP contribution in [-0.2, 0) is 0 Å². The minimum atomic E-state index is 0.551. The lowest BCUT2D eigenvalue weighted by Gasteiger charge is -2.29. The quantitative estimate of drug-likeness (QED) is 0.756. The number of nitrogens with one attached hydrogen (secondary N) is 1. The van der Waals surface area contributed by atoms with Gasteiger partial charge in [-0.3, -0.25) is 0 Å². The molecule has 0 spiro atoms. The Balaban J connectivity index is 1.87. The molecular weight excluding hydrogens is 166 g/mol. The minimum Gasteiger partial charge on any atom is -0.307 e. The van der Waals surface area contributed by atoms with Gasteiger partial charge in [0, 0.05) is 17.0 Å². The van der Waals surface area contributed by atoms with E-state index in [4.69, 9.17) is 0 Å². The summed E-state index contributed by atoms with van der Waals surface area (Å²) in [7, 11) is 0. The molecule has 1 aliphatic carbocycles. The maximum absolute atomic E-state index is 3.63. The SMILES string of the molecule is C[C@@H](NC1CCC1)c1cccs1. The van der Waals surface area contributed by atoms with Crippen LogP contribution in [0.15, 0.2) is 17.5 Å². The molecule has 1 aliphatic rings. The van der Waals surface area contributed by atoms with Gasteiger partial charge in [0.15, 0.2) is 0 Å². The molecule has 0 amide bonds. The van der Waals surface area contributed by atoms with Crippen LogP contribution in [0.2, 0.25) is 0 Å². The highest BCUT2D eigenvalue weighted by molar-refractivity contribution is 7.10. The molecule has 2 heteroatoms. The lowest BCUT2D eigenvalue weighted by Crippen LogP contribution is -2.36. The fraction of sp³-hybridized carbons (Fsp3) is 0.600. The number of rotatable bonds is 3. The zero-order valence-electron chi connectivity index (χ0n) is 7.42. The van der Waals surface area contributed by atoms with Crippen LogP contribution in [0.3, 0.4) is 0 Å². The van der Waals surface area contributed by atoms with Gasteiger partial charge in [-0.05, 0) is 31.2 Å². The summed E-state index contributed by atoms with van der Waals surface area (Å²) in [5.74, 6) is 0. The molecule has 1 saturated carbocycles. The maximum atomic E-state index is 3.63. The number of thiophene rings is 1. The van der Waals surface area contributed by atoms with Crippen molar-refractivity contribution in [3.05, 3.63) is 22.4 Å². The van der Waals surface area contributed by atoms with Gasteiger partial charge in [-0.25, -0.2) is 0 Å². The van der Waals surface area contributed by atoms with Gasteiger partial charge < -0.3 is 5.32 Å². The smallest absolute Gasteiger partial charge is 0.0388 e. The molecule has 1 nitrogen and oxygen atoms in total. The second-order valence-corrected chi connectivity index (χ2v) is 4.51. The van der Waals surface area contributed by atoms with E-state index in [1.54, 1.807) is 0 Å². The normalized spacial score (nSPS) is 20.4. The van der Waals surface area contributed by atoms with E-state index in [0.29, 0.717) is 6.04 Å². The Hall–Kier alpha value is -0.340. The third-order valence-electron chi connectivity index (χ3n) is 2.56. The summed E-state index contributed by atoms with van der Waals surface area (Å²) in [6.45, 7) is 2.25. The molecule has 1 aromatic heterocycles. The largest absolute Gasteiger partial charge is 0.307 e. The van der Waals surface area contributed by atoms with Crippen molar-refractivity contribution in [3.8, 4) is 0 Å². The first-order valence-corrected chi connectivity index (χ1v) is 5.53.